The van der Waals surface area contributed by atoms with Crippen molar-refractivity contribution in [3.05, 3.63) is 203 Å². The van der Waals surface area contributed by atoms with Gasteiger partial charge in [-0.3, -0.25) is 76.7 Å². The largest absolute Gasteiger partial charge is 0.508 e. The SMILES string of the molecule is CCCC[C@H]1C(=O)N(C)CC(=O)N[C@@H](CC(=O)O)C(=O)N[C@@H](C(C)C)C(=O)N(C)[C@@H](Cc2ccccc2)C(=O)N[C@@H](Cc2ccc(O)cc2)C(=O)N(C)CC(=O)N[C@@H](Cc2c[nH]c3ccccc23)C(=O)N[C@@H](Cc2ccc(O)cc2)C(=O)N2CCC[C@@H]2C(=O)N[C@H](C(=O)NCC(N)=O)CSCC(=O)N[C@@H](Cc2ccccc2)C(=O)N(C)C(Cc2ccccc2)C(=O)N1C. The number of phenolic OH excluding ortho intramolecular Hbond substituents is 2. The number of primary amides is 1. The van der Waals surface area contributed by atoms with Crippen LogP contribution in [-0.4, -0.2) is 284 Å². The third-order valence-electron chi connectivity index (χ3n) is 22.5. The average Bonchev–Trinajstić information content (AvgIpc) is 1.67. The second kappa shape index (κ2) is 47.1. The lowest BCUT2D eigenvalue weighted by atomic mass is 9.98. The quantitative estimate of drug-likeness (QED) is 0.0488. The van der Waals surface area contributed by atoms with Crippen molar-refractivity contribution in [1.29, 1.82) is 0 Å². The molecule has 15 amide bonds. The van der Waals surface area contributed by atoms with E-state index in [0.717, 1.165) is 26.5 Å². The zero-order chi connectivity index (χ0) is 93.0. The lowest BCUT2D eigenvalue weighted by Gasteiger charge is -2.37. The summed E-state index contributed by atoms with van der Waals surface area (Å²) in [5.74, 6) is -16.6. The molecule has 9 rings (SSSR count). The van der Waals surface area contributed by atoms with Gasteiger partial charge >= 0.3 is 5.97 Å². The van der Waals surface area contributed by atoms with Crippen LogP contribution in [0.2, 0.25) is 0 Å². The number of thioether (sulfide) groups is 1. The number of carbonyl (C=O) groups is 16. The van der Waals surface area contributed by atoms with Gasteiger partial charge in [0.25, 0.3) is 0 Å². The number of hydrogen-bond donors (Lipinski definition) is 13. The van der Waals surface area contributed by atoms with Crippen molar-refractivity contribution in [1.82, 2.24) is 76.9 Å². The van der Waals surface area contributed by atoms with Crippen LogP contribution in [0, 0.1) is 5.92 Å². The molecule has 2 fully saturated rings. The number of aliphatic carboxylic acids is 1. The number of rotatable bonds is 21. The number of para-hydroxylation sites is 1. The molecule has 1 aromatic heterocycles. The molecule has 0 saturated carbocycles. The number of benzene rings is 6. The van der Waals surface area contributed by atoms with Gasteiger partial charge < -0.3 is 98.0 Å². The number of nitrogens with zero attached hydrogens (tertiary/aromatic N) is 6. The number of aromatic hydroxyl groups is 2. The minimum atomic E-state index is -1.90. The zero-order valence-electron chi connectivity index (χ0n) is 72.9. The second-order valence-electron chi connectivity index (χ2n) is 32.6. The van der Waals surface area contributed by atoms with Crippen molar-refractivity contribution in [2.24, 2.45) is 11.7 Å². The lowest BCUT2D eigenvalue weighted by Crippen LogP contribution is -2.61. The number of amides is 15. The Labute approximate surface area is 746 Å². The Kier molecular flexibility index (Phi) is 36.1. The van der Waals surface area contributed by atoms with Crippen molar-refractivity contribution in [3.63, 3.8) is 0 Å². The summed E-state index contributed by atoms with van der Waals surface area (Å²) < 4.78 is 0. The van der Waals surface area contributed by atoms with Crippen molar-refractivity contribution in [3.8, 4) is 11.5 Å². The Morgan fingerprint density at radius 2 is 0.961 bits per heavy atom. The summed E-state index contributed by atoms with van der Waals surface area (Å²) in [7, 11) is 6.56. The van der Waals surface area contributed by atoms with Crippen molar-refractivity contribution in [2.45, 2.75) is 164 Å². The molecule has 36 heteroatoms. The number of fused-ring (bicyclic) bond motifs is 2. The topological polar surface area (TPSA) is 491 Å². The number of aromatic amines is 1. The number of phenols is 2. The van der Waals surface area contributed by atoms with Gasteiger partial charge in [-0.2, -0.15) is 0 Å². The summed E-state index contributed by atoms with van der Waals surface area (Å²) in [5, 5.41) is 53.0. The Bertz CT molecular complexity index is 5090. The minimum Gasteiger partial charge on any atom is -0.508 e. The molecule has 0 aliphatic carbocycles. The van der Waals surface area contributed by atoms with Crippen LogP contribution in [0.4, 0.5) is 0 Å². The number of H-pyrrole nitrogens is 1. The maximum absolute atomic E-state index is 15.5. The van der Waals surface area contributed by atoms with Gasteiger partial charge in [0.1, 0.15) is 78.0 Å². The standard InChI is InChI=1S/C92H114N16O19S/c1-9-10-31-73-90(125)104(5)52-78(113)97-67(48-80(115)116)84(119)102-81(55(2)3)92(127)106(7)74(45-57-25-16-12-17-26-57)86(121)100-68(43-59-33-37-62(109)38-34-59)87(122)103(4)51-77(112)96-66(47-61-49-94-65-30-21-20-29-64(61)65)83(118)99-70(44-60-35-39-63(110)40-36-60)89(124)108-41-22-32-72(108)85(120)101-71(82(117)95-50-76(93)111)53-128-54-79(114)98-69(42-56-23-14-11-15-24-56)88(123)107(8)75(91(126)105(73)6)46-58-27-18-13-19-28-58/h11-21,23-30,33-40,49,55,66-75,81,94,109-110H,9-10,22,31-32,41-48,50-54H2,1-8H3,(H2,93,111)(H,95,117)(H,96,112)(H,97,113)(H,98,114)(H,99,118)(H,100,121)(H,101,120)(H,102,119)(H,115,116)/t66-,67-,68-,69-,70-,71-,72+,73-,74-,75?,81-/m0/s1. The first-order valence-corrected chi connectivity index (χ1v) is 43.5. The van der Waals surface area contributed by atoms with E-state index in [1.54, 1.807) is 135 Å². The van der Waals surface area contributed by atoms with E-state index in [1.807, 2.05) is 6.92 Å². The van der Waals surface area contributed by atoms with Gasteiger partial charge in [-0.1, -0.05) is 167 Å². The van der Waals surface area contributed by atoms with Crippen LogP contribution in [0.3, 0.4) is 0 Å². The first kappa shape index (κ1) is 98.1. The number of hydrogen-bond acceptors (Lipinski definition) is 19. The Balaban J connectivity index is 1.10. The molecule has 0 spiro atoms. The van der Waals surface area contributed by atoms with Crippen molar-refractivity contribution >= 4 is 117 Å². The number of carboxylic acids is 1. The first-order chi connectivity index (χ1) is 61.1. The molecule has 2 saturated heterocycles. The van der Waals surface area contributed by atoms with Crippen LogP contribution < -0.4 is 48.3 Å². The molecular weight excluding hydrogens is 1670 g/mol. The van der Waals surface area contributed by atoms with Crippen LogP contribution in [0.25, 0.3) is 10.9 Å². The van der Waals surface area contributed by atoms with Crippen LogP contribution in [0.1, 0.15) is 92.7 Å². The molecule has 7 aromatic rings. The molecule has 2 aliphatic rings. The Morgan fingerprint density at radius 3 is 1.52 bits per heavy atom. The number of aromatic nitrogens is 1. The molecule has 35 nitrogen and oxygen atoms in total. The summed E-state index contributed by atoms with van der Waals surface area (Å²) >= 11 is 0.846. The normalized spacial score (nSPS) is 22.4. The molecule has 2 aliphatic heterocycles. The monoisotopic (exact) mass is 1780 g/mol. The fourth-order valence-corrected chi connectivity index (χ4v) is 16.3. The van der Waals surface area contributed by atoms with Gasteiger partial charge in [-0.15, -0.1) is 11.8 Å². The van der Waals surface area contributed by atoms with E-state index in [-0.39, 0.29) is 81.6 Å². The Hall–Kier alpha value is -13.7. The van der Waals surface area contributed by atoms with Crippen molar-refractivity contribution in [2.75, 3.05) is 72.9 Å². The summed E-state index contributed by atoms with van der Waals surface area (Å²) in [6.45, 7) is 2.66. The molecule has 682 valence electrons. The molecule has 0 radical (unpaired) electrons. The van der Waals surface area contributed by atoms with Gasteiger partial charge in [0.05, 0.1) is 31.8 Å². The number of nitrogens with one attached hydrogen (secondary N) is 9. The predicted molar refractivity (Wildman–Crippen MR) is 475 cm³/mol. The summed E-state index contributed by atoms with van der Waals surface area (Å²) in [4.78, 5) is 245. The van der Waals surface area contributed by atoms with Gasteiger partial charge in [-0.05, 0) is 88.9 Å². The van der Waals surface area contributed by atoms with Gasteiger partial charge in [-0.25, -0.2) is 0 Å². The van der Waals surface area contributed by atoms with Gasteiger partial charge in [0.15, 0.2) is 0 Å². The highest BCUT2D eigenvalue weighted by molar-refractivity contribution is 8.00. The van der Waals surface area contributed by atoms with Crippen LogP contribution >= 0.6 is 11.8 Å². The van der Waals surface area contributed by atoms with E-state index < -0.39 is 199 Å². The first-order valence-electron chi connectivity index (χ1n) is 42.4. The summed E-state index contributed by atoms with van der Waals surface area (Å²) in [5.41, 5.74) is 9.18. The molecule has 3 heterocycles. The Morgan fingerprint density at radius 1 is 0.484 bits per heavy atom. The van der Waals surface area contributed by atoms with Gasteiger partial charge in [0.2, 0.25) is 88.6 Å². The second-order valence-corrected chi connectivity index (χ2v) is 33.6. The molecule has 14 N–H and O–H groups in total. The van der Waals surface area contributed by atoms with Crippen molar-refractivity contribution < 1.29 is 92.0 Å². The summed E-state index contributed by atoms with van der Waals surface area (Å²) in [6, 6.07) is 27.8. The van der Waals surface area contributed by atoms with Gasteiger partial charge in [0, 0.05) is 103 Å². The third-order valence-corrected chi connectivity index (χ3v) is 23.6. The number of unbranched alkanes of at least 4 members (excludes halogenated alkanes) is 1. The maximum atomic E-state index is 15.5. The summed E-state index contributed by atoms with van der Waals surface area (Å²) in [6.07, 6.45) is 0.559. The number of nitrogens with two attached hydrogens (primary N) is 1. The fourth-order valence-electron chi connectivity index (χ4n) is 15.5. The lowest BCUT2D eigenvalue weighted by molar-refractivity contribution is -0.151. The van der Waals surface area contributed by atoms with Crippen LogP contribution in [0.15, 0.2) is 170 Å². The zero-order valence-corrected chi connectivity index (χ0v) is 73.7. The third kappa shape index (κ3) is 27.9. The molecule has 6 aromatic carbocycles. The van der Waals surface area contributed by atoms with E-state index >= 15 is 33.6 Å². The molecular formula is C92H114N16O19S. The number of likely N-dealkylation sites (N-methyl/N-ethyl adjacent to an activating group) is 5. The molecule has 128 heavy (non-hydrogen) atoms. The molecule has 11 atom stereocenters. The van der Waals surface area contributed by atoms with E-state index in [4.69, 9.17) is 5.73 Å². The number of carboxylic acid groups (broad SMARTS) is 1. The highest BCUT2D eigenvalue weighted by atomic mass is 32.2. The van der Waals surface area contributed by atoms with E-state index in [1.165, 1.54) is 98.5 Å². The maximum Gasteiger partial charge on any atom is 0.305 e. The highest BCUT2D eigenvalue weighted by Crippen LogP contribution is 2.26. The minimum absolute atomic E-state index is 0.0334. The molecule has 0 bridgehead atoms. The smallest absolute Gasteiger partial charge is 0.305 e. The molecule has 1 unspecified atom stereocenters. The average molecular weight is 1780 g/mol. The predicted octanol–water partition coefficient (Wildman–Crippen LogP) is 1.79. The highest BCUT2D eigenvalue weighted by Gasteiger charge is 2.44. The number of carbonyl (C=O) groups excluding carboxylic acids is 15. The van der Waals surface area contributed by atoms with Crippen LogP contribution in [0.5, 0.6) is 11.5 Å². The van der Waals surface area contributed by atoms with Crippen LogP contribution in [-0.2, 0) is 115 Å². The fraction of sp³-hybridized carbons (Fsp3) is 0.413. The van der Waals surface area contributed by atoms with E-state index in [9.17, 15) is 58.5 Å². The van der Waals surface area contributed by atoms with E-state index in [0.29, 0.717) is 57.1 Å². The van der Waals surface area contributed by atoms with E-state index in [2.05, 4.69) is 47.5 Å².